The Morgan fingerprint density at radius 2 is 2.18 bits per heavy atom. The molecule has 8 heteroatoms. The number of hydrogen-bond acceptors (Lipinski definition) is 6. The van der Waals surface area contributed by atoms with Crippen molar-refractivity contribution in [2.75, 3.05) is 6.61 Å². The van der Waals surface area contributed by atoms with Gasteiger partial charge in [-0.1, -0.05) is 0 Å². The first-order valence-electron chi connectivity index (χ1n) is 7.02. The summed E-state index contributed by atoms with van der Waals surface area (Å²) in [6.45, 7) is 3.55. The molecule has 4 heterocycles. The molecule has 4 atom stereocenters. The van der Waals surface area contributed by atoms with E-state index in [2.05, 4.69) is 16.2 Å². The van der Waals surface area contributed by atoms with E-state index in [-0.39, 0.29) is 24.1 Å². The van der Waals surface area contributed by atoms with E-state index in [1.807, 2.05) is 30.7 Å². The van der Waals surface area contributed by atoms with Crippen LogP contribution in [0.2, 0.25) is 5.28 Å². The number of aliphatic hydroxyl groups excluding tert-OH is 1. The maximum absolute atomic E-state index is 9.53. The molecular weight excluding hydrogens is 310 g/mol. The molecule has 0 aliphatic carbocycles. The minimum absolute atomic E-state index is 0.115. The minimum Gasteiger partial charge on any atom is -0.394 e. The van der Waals surface area contributed by atoms with Crippen LogP contribution in [0.15, 0.2) is 12.3 Å². The van der Waals surface area contributed by atoms with Crippen molar-refractivity contribution in [3.05, 3.63) is 23.7 Å². The lowest BCUT2D eigenvalue weighted by atomic mass is 10.1. The molecular formula is C14H15ClN3O4. The second-order valence-corrected chi connectivity index (χ2v) is 6.22. The van der Waals surface area contributed by atoms with Gasteiger partial charge in [0.2, 0.25) is 5.28 Å². The van der Waals surface area contributed by atoms with Gasteiger partial charge >= 0.3 is 0 Å². The largest absolute Gasteiger partial charge is 0.394 e. The summed E-state index contributed by atoms with van der Waals surface area (Å²) in [5, 5.41) is 10.4. The van der Waals surface area contributed by atoms with Gasteiger partial charge in [-0.25, -0.2) is 4.98 Å². The van der Waals surface area contributed by atoms with E-state index in [1.165, 1.54) is 0 Å². The average molecular weight is 325 g/mol. The number of aromatic nitrogens is 3. The molecule has 7 nitrogen and oxygen atoms in total. The molecule has 0 saturated carbocycles. The highest BCUT2D eigenvalue weighted by Crippen LogP contribution is 2.43. The van der Waals surface area contributed by atoms with Crippen LogP contribution >= 0.6 is 11.6 Å². The van der Waals surface area contributed by atoms with E-state index in [9.17, 15) is 5.11 Å². The summed E-state index contributed by atoms with van der Waals surface area (Å²) >= 11 is 5.86. The fourth-order valence-electron chi connectivity index (χ4n) is 3.10. The zero-order valence-corrected chi connectivity index (χ0v) is 12.8. The van der Waals surface area contributed by atoms with Gasteiger partial charge in [0.15, 0.2) is 12.0 Å². The number of hydrogen-bond donors (Lipinski definition) is 1. The summed E-state index contributed by atoms with van der Waals surface area (Å²) in [5.41, 5.74) is 0.607. The van der Waals surface area contributed by atoms with E-state index in [4.69, 9.17) is 25.8 Å². The fraction of sp³-hybridized carbons (Fsp3) is 0.571. The van der Waals surface area contributed by atoms with E-state index < -0.39 is 18.1 Å². The lowest BCUT2D eigenvalue weighted by Gasteiger charge is -2.24. The second-order valence-electron chi connectivity index (χ2n) is 5.88. The molecule has 0 unspecified atom stereocenters. The Balaban J connectivity index is 1.76. The van der Waals surface area contributed by atoms with Gasteiger partial charge in [0, 0.05) is 11.6 Å². The molecule has 4 rings (SSSR count). The summed E-state index contributed by atoms with van der Waals surface area (Å²) < 4.78 is 19.5. The molecule has 2 saturated heterocycles. The highest BCUT2D eigenvalue weighted by Gasteiger charge is 2.55. The SMILES string of the molecule is CC1(C)O[C@@H]2[C@H](O1)[C@@H](CO)O[C@H]2n1ccc2[c]nc(Cl)nc21. The molecule has 0 spiro atoms. The fourth-order valence-corrected chi connectivity index (χ4v) is 3.22. The number of ether oxygens (including phenoxy) is 3. The Labute approximate surface area is 131 Å². The normalized spacial score (nSPS) is 33.5. The van der Waals surface area contributed by atoms with Crippen LogP contribution in [-0.2, 0) is 14.2 Å². The first kappa shape index (κ1) is 14.3. The molecule has 2 aliphatic rings. The van der Waals surface area contributed by atoms with Crippen LogP contribution in [0.25, 0.3) is 11.0 Å². The van der Waals surface area contributed by atoms with Gasteiger partial charge in [0.25, 0.3) is 0 Å². The van der Waals surface area contributed by atoms with E-state index in [0.717, 1.165) is 5.39 Å². The summed E-state index contributed by atoms with van der Waals surface area (Å²) in [5.74, 6) is -0.716. The number of fused-ring (bicyclic) bond motifs is 2. The Morgan fingerprint density at radius 1 is 1.41 bits per heavy atom. The predicted octanol–water partition coefficient (Wildman–Crippen LogP) is 1.29. The summed E-state index contributed by atoms with van der Waals surface area (Å²) in [6.07, 6.45) is 3.07. The first-order valence-corrected chi connectivity index (χ1v) is 7.40. The van der Waals surface area contributed by atoms with Crippen LogP contribution in [-0.4, -0.2) is 50.3 Å². The van der Waals surface area contributed by atoms with Gasteiger partial charge in [-0.05, 0) is 31.5 Å². The van der Waals surface area contributed by atoms with Crippen LogP contribution in [0.4, 0.5) is 0 Å². The van der Waals surface area contributed by atoms with Crippen LogP contribution < -0.4 is 0 Å². The van der Waals surface area contributed by atoms with Crippen LogP contribution in [0.3, 0.4) is 0 Å². The average Bonchev–Trinajstić information content (AvgIpc) is 3.09. The van der Waals surface area contributed by atoms with Crippen LogP contribution in [0, 0.1) is 6.20 Å². The Hall–Kier alpha value is -1.25. The molecule has 117 valence electrons. The zero-order chi connectivity index (χ0) is 15.5. The van der Waals surface area contributed by atoms with Crippen molar-refractivity contribution in [3.8, 4) is 0 Å². The first-order chi connectivity index (χ1) is 10.5. The van der Waals surface area contributed by atoms with Gasteiger partial charge in [0.1, 0.15) is 30.2 Å². The quantitative estimate of drug-likeness (QED) is 0.839. The third kappa shape index (κ3) is 2.12. The zero-order valence-electron chi connectivity index (χ0n) is 12.1. The van der Waals surface area contributed by atoms with Gasteiger partial charge in [-0.2, -0.15) is 4.98 Å². The highest BCUT2D eigenvalue weighted by atomic mass is 35.5. The number of halogens is 1. The van der Waals surface area contributed by atoms with Crippen molar-refractivity contribution < 1.29 is 19.3 Å². The predicted molar refractivity (Wildman–Crippen MR) is 76.2 cm³/mol. The van der Waals surface area contributed by atoms with Crippen molar-refractivity contribution >= 4 is 22.6 Å². The van der Waals surface area contributed by atoms with Crippen molar-refractivity contribution in [1.29, 1.82) is 0 Å². The highest BCUT2D eigenvalue weighted by molar-refractivity contribution is 6.28. The smallest absolute Gasteiger partial charge is 0.225 e. The molecule has 0 bridgehead atoms. The molecule has 2 aliphatic heterocycles. The maximum Gasteiger partial charge on any atom is 0.225 e. The second kappa shape index (κ2) is 4.87. The minimum atomic E-state index is -0.716. The Morgan fingerprint density at radius 3 is 2.95 bits per heavy atom. The van der Waals surface area contributed by atoms with E-state index in [1.54, 1.807) is 0 Å². The van der Waals surface area contributed by atoms with Crippen molar-refractivity contribution in [1.82, 2.24) is 14.5 Å². The van der Waals surface area contributed by atoms with Gasteiger partial charge in [-0.3, -0.25) is 0 Å². The number of aliphatic hydroxyl groups is 1. The maximum atomic E-state index is 9.53. The lowest BCUT2D eigenvalue weighted by Crippen LogP contribution is -2.31. The summed E-state index contributed by atoms with van der Waals surface area (Å²) in [4.78, 5) is 8.08. The summed E-state index contributed by atoms with van der Waals surface area (Å²) in [7, 11) is 0. The molecule has 2 aromatic heterocycles. The Bertz CT molecular complexity index is 719. The number of nitrogens with zero attached hydrogens (tertiary/aromatic N) is 3. The van der Waals surface area contributed by atoms with Gasteiger partial charge < -0.3 is 23.9 Å². The molecule has 1 radical (unpaired) electrons. The molecule has 1 N–H and O–H groups in total. The van der Waals surface area contributed by atoms with Crippen molar-refractivity contribution in [2.24, 2.45) is 0 Å². The third-order valence-corrected chi connectivity index (χ3v) is 4.10. The molecule has 0 aromatic carbocycles. The standard InChI is InChI=1S/C14H15ClN3O4/c1-14(2)21-9-8(6-19)20-12(10(9)22-14)18-4-3-7-5-16-13(15)17-11(7)18/h3-4,8-10,12,19H,6H2,1-2H3/t8-,9-,10-,12-/m1/s1. The Kier molecular flexibility index (Phi) is 3.18. The molecule has 2 aromatic rings. The topological polar surface area (TPSA) is 78.6 Å². The molecule has 22 heavy (non-hydrogen) atoms. The van der Waals surface area contributed by atoms with Crippen molar-refractivity contribution in [3.63, 3.8) is 0 Å². The van der Waals surface area contributed by atoms with Crippen LogP contribution in [0.5, 0.6) is 0 Å². The van der Waals surface area contributed by atoms with E-state index in [0.29, 0.717) is 5.65 Å². The van der Waals surface area contributed by atoms with Gasteiger partial charge in [0.05, 0.1) is 6.61 Å². The van der Waals surface area contributed by atoms with Crippen molar-refractivity contribution in [2.45, 2.75) is 44.2 Å². The third-order valence-electron chi connectivity index (χ3n) is 3.93. The number of rotatable bonds is 2. The monoisotopic (exact) mass is 324 g/mol. The van der Waals surface area contributed by atoms with E-state index >= 15 is 0 Å². The molecule has 0 amide bonds. The van der Waals surface area contributed by atoms with Crippen LogP contribution in [0.1, 0.15) is 20.1 Å². The summed E-state index contributed by atoms with van der Waals surface area (Å²) in [6, 6.07) is 1.83. The van der Waals surface area contributed by atoms with Gasteiger partial charge in [-0.15, -0.1) is 0 Å². The lowest BCUT2D eigenvalue weighted by molar-refractivity contribution is -0.199. The molecule has 2 fully saturated rings.